The average Bonchev–Trinajstić information content (AvgIpc) is 2.25. The lowest BCUT2D eigenvalue weighted by atomic mass is 10.0. The zero-order valence-electron chi connectivity index (χ0n) is 11.3. The zero-order chi connectivity index (χ0) is 13.3. The van der Waals surface area contributed by atoms with E-state index in [1.165, 1.54) is 16.7 Å². The first kappa shape index (κ1) is 12.4. The summed E-state index contributed by atoms with van der Waals surface area (Å²) in [4.78, 5) is 4.34. The van der Waals surface area contributed by atoms with Crippen LogP contribution >= 0.6 is 0 Å². The van der Waals surface area contributed by atoms with Gasteiger partial charge in [-0.1, -0.05) is 17.7 Å². The van der Waals surface area contributed by atoms with Crippen LogP contribution in [-0.4, -0.2) is 4.98 Å². The number of hydrogen-bond acceptors (Lipinski definition) is 3. The number of hydrogen-bond donors (Lipinski definition) is 2. The Morgan fingerprint density at radius 1 is 0.944 bits per heavy atom. The van der Waals surface area contributed by atoms with Crippen LogP contribution in [0.3, 0.4) is 0 Å². The second-order valence-electron chi connectivity index (χ2n) is 4.83. The van der Waals surface area contributed by atoms with Gasteiger partial charge in [-0.25, -0.2) is 4.98 Å². The van der Waals surface area contributed by atoms with E-state index in [1.807, 2.05) is 13.0 Å². The van der Waals surface area contributed by atoms with Gasteiger partial charge in [-0.15, -0.1) is 0 Å². The predicted octanol–water partition coefficient (Wildman–Crippen LogP) is 3.64. The lowest BCUT2D eigenvalue weighted by molar-refractivity contribution is 1.23. The summed E-state index contributed by atoms with van der Waals surface area (Å²) < 4.78 is 0. The summed E-state index contributed by atoms with van der Waals surface area (Å²) in [5.41, 5.74) is 12.3. The third-order valence-electron chi connectivity index (χ3n) is 3.02. The molecule has 0 aliphatic carbocycles. The molecule has 0 unspecified atom stereocenters. The molecule has 1 aromatic carbocycles. The van der Waals surface area contributed by atoms with Gasteiger partial charge in [-0.2, -0.15) is 0 Å². The predicted molar refractivity (Wildman–Crippen MR) is 77.3 cm³/mol. The molecule has 0 aliphatic heterocycles. The fourth-order valence-corrected chi connectivity index (χ4v) is 2.22. The molecule has 0 saturated heterocycles. The molecule has 94 valence electrons. The SMILES string of the molecule is Cc1cc(C)c(Nc2ncc(N)cc2C)c(C)c1. The number of nitrogens with two attached hydrogens (primary N) is 1. The van der Waals surface area contributed by atoms with Gasteiger partial charge < -0.3 is 11.1 Å². The zero-order valence-corrected chi connectivity index (χ0v) is 11.3. The van der Waals surface area contributed by atoms with Gasteiger partial charge in [-0.3, -0.25) is 0 Å². The topological polar surface area (TPSA) is 50.9 Å². The summed E-state index contributed by atoms with van der Waals surface area (Å²) in [5.74, 6) is 0.860. The van der Waals surface area contributed by atoms with Crippen LogP contribution in [0.1, 0.15) is 22.3 Å². The summed E-state index contributed by atoms with van der Waals surface area (Å²) in [6, 6.07) is 6.26. The molecule has 2 rings (SSSR count). The van der Waals surface area contributed by atoms with Crippen LogP contribution in [0.25, 0.3) is 0 Å². The van der Waals surface area contributed by atoms with E-state index in [9.17, 15) is 0 Å². The van der Waals surface area contributed by atoms with E-state index in [2.05, 4.69) is 43.2 Å². The quantitative estimate of drug-likeness (QED) is 0.844. The van der Waals surface area contributed by atoms with Gasteiger partial charge in [0, 0.05) is 5.69 Å². The highest BCUT2D eigenvalue weighted by molar-refractivity contribution is 5.67. The average molecular weight is 241 g/mol. The molecule has 0 radical (unpaired) electrons. The van der Waals surface area contributed by atoms with Crippen LogP contribution in [0.2, 0.25) is 0 Å². The van der Waals surface area contributed by atoms with Crippen LogP contribution in [0.4, 0.5) is 17.2 Å². The minimum absolute atomic E-state index is 0.690. The van der Waals surface area contributed by atoms with Crippen molar-refractivity contribution >= 4 is 17.2 Å². The molecule has 3 nitrogen and oxygen atoms in total. The maximum Gasteiger partial charge on any atom is 0.133 e. The van der Waals surface area contributed by atoms with Gasteiger partial charge in [0.05, 0.1) is 11.9 Å². The summed E-state index contributed by atoms with van der Waals surface area (Å²) in [6.45, 7) is 8.32. The maximum absolute atomic E-state index is 5.71. The summed E-state index contributed by atoms with van der Waals surface area (Å²) >= 11 is 0. The molecule has 1 aromatic heterocycles. The summed E-state index contributed by atoms with van der Waals surface area (Å²) in [6.07, 6.45) is 1.67. The Labute approximate surface area is 108 Å². The molecule has 3 N–H and O–H groups in total. The van der Waals surface area contributed by atoms with Crippen molar-refractivity contribution < 1.29 is 0 Å². The molecular formula is C15H19N3. The lowest BCUT2D eigenvalue weighted by Gasteiger charge is -2.15. The molecule has 3 heteroatoms. The molecule has 0 spiro atoms. The second-order valence-corrected chi connectivity index (χ2v) is 4.83. The van der Waals surface area contributed by atoms with Crippen LogP contribution in [0.15, 0.2) is 24.4 Å². The van der Waals surface area contributed by atoms with Crippen molar-refractivity contribution in [3.05, 3.63) is 46.6 Å². The lowest BCUT2D eigenvalue weighted by Crippen LogP contribution is -2.01. The van der Waals surface area contributed by atoms with Crippen molar-refractivity contribution in [2.45, 2.75) is 27.7 Å². The van der Waals surface area contributed by atoms with E-state index >= 15 is 0 Å². The number of nitrogens with one attached hydrogen (secondary N) is 1. The first-order valence-electron chi connectivity index (χ1n) is 6.04. The van der Waals surface area contributed by atoms with Crippen molar-refractivity contribution in [1.29, 1.82) is 0 Å². The molecule has 18 heavy (non-hydrogen) atoms. The Kier molecular flexibility index (Phi) is 3.24. The van der Waals surface area contributed by atoms with Gasteiger partial charge >= 0.3 is 0 Å². The molecule has 0 bridgehead atoms. The van der Waals surface area contributed by atoms with Gasteiger partial charge in [-0.05, 0) is 50.5 Å². The highest BCUT2D eigenvalue weighted by Crippen LogP contribution is 2.26. The first-order valence-corrected chi connectivity index (χ1v) is 6.04. The smallest absolute Gasteiger partial charge is 0.133 e. The first-order chi connectivity index (χ1) is 8.47. The molecule has 1 heterocycles. The van der Waals surface area contributed by atoms with E-state index in [-0.39, 0.29) is 0 Å². The Hall–Kier alpha value is -2.03. The summed E-state index contributed by atoms with van der Waals surface area (Å²) in [7, 11) is 0. The number of aryl methyl sites for hydroxylation is 4. The molecule has 0 saturated carbocycles. The fourth-order valence-electron chi connectivity index (χ4n) is 2.22. The van der Waals surface area contributed by atoms with E-state index in [0.29, 0.717) is 5.69 Å². The molecule has 0 atom stereocenters. The molecule has 2 aromatic rings. The number of pyridine rings is 1. The molecule has 0 fully saturated rings. The van der Waals surface area contributed by atoms with Crippen molar-refractivity contribution in [2.75, 3.05) is 11.1 Å². The normalized spacial score (nSPS) is 10.4. The second kappa shape index (κ2) is 4.69. The van der Waals surface area contributed by atoms with E-state index in [4.69, 9.17) is 5.73 Å². The minimum Gasteiger partial charge on any atom is -0.397 e. The number of nitrogen functional groups attached to an aromatic ring is 1. The monoisotopic (exact) mass is 241 g/mol. The minimum atomic E-state index is 0.690. The van der Waals surface area contributed by atoms with Crippen LogP contribution in [0.5, 0.6) is 0 Å². The number of aromatic nitrogens is 1. The highest BCUT2D eigenvalue weighted by atomic mass is 15.0. The fraction of sp³-hybridized carbons (Fsp3) is 0.267. The largest absolute Gasteiger partial charge is 0.397 e. The Morgan fingerprint density at radius 2 is 1.56 bits per heavy atom. The third kappa shape index (κ3) is 2.45. The Balaban J connectivity index is 2.40. The number of benzene rings is 1. The van der Waals surface area contributed by atoms with E-state index in [0.717, 1.165) is 17.1 Å². The van der Waals surface area contributed by atoms with Crippen LogP contribution in [-0.2, 0) is 0 Å². The van der Waals surface area contributed by atoms with E-state index < -0.39 is 0 Å². The molecule has 0 amide bonds. The van der Waals surface area contributed by atoms with Gasteiger partial charge in [0.15, 0.2) is 0 Å². The third-order valence-corrected chi connectivity index (χ3v) is 3.02. The Morgan fingerprint density at radius 3 is 2.11 bits per heavy atom. The highest BCUT2D eigenvalue weighted by Gasteiger charge is 2.07. The van der Waals surface area contributed by atoms with Gasteiger partial charge in [0.2, 0.25) is 0 Å². The molecule has 0 aliphatic rings. The molecular weight excluding hydrogens is 222 g/mol. The number of anilines is 3. The van der Waals surface area contributed by atoms with Crippen molar-refractivity contribution in [3.63, 3.8) is 0 Å². The Bertz CT molecular complexity index is 565. The number of rotatable bonds is 2. The maximum atomic E-state index is 5.71. The summed E-state index contributed by atoms with van der Waals surface area (Å²) in [5, 5.41) is 3.40. The van der Waals surface area contributed by atoms with Crippen molar-refractivity contribution in [2.24, 2.45) is 0 Å². The van der Waals surface area contributed by atoms with Gasteiger partial charge in [0.25, 0.3) is 0 Å². The van der Waals surface area contributed by atoms with Crippen molar-refractivity contribution in [3.8, 4) is 0 Å². The van der Waals surface area contributed by atoms with E-state index in [1.54, 1.807) is 6.20 Å². The number of nitrogens with zero attached hydrogens (tertiary/aromatic N) is 1. The van der Waals surface area contributed by atoms with Gasteiger partial charge in [0.1, 0.15) is 5.82 Å². The standard InChI is InChI=1S/C15H19N3/c1-9-5-10(2)14(11(3)6-9)18-15-12(4)7-13(16)8-17-15/h5-8H,16H2,1-4H3,(H,17,18). The van der Waals surface area contributed by atoms with Crippen LogP contribution < -0.4 is 11.1 Å². The van der Waals surface area contributed by atoms with Crippen LogP contribution in [0, 0.1) is 27.7 Å². The van der Waals surface area contributed by atoms with Crippen molar-refractivity contribution in [1.82, 2.24) is 4.98 Å².